The summed E-state index contributed by atoms with van der Waals surface area (Å²) < 4.78 is 17.0. The van der Waals surface area contributed by atoms with Gasteiger partial charge in [-0.2, -0.15) is 11.8 Å². The molecule has 5 rings (SSSR count). The zero-order valence-electron chi connectivity index (χ0n) is 20.5. The second kappa shape index (κ2) is 11.2. The summed E-state index contributed by atoms with van der Waals surface area (Å²) in [5.74, 6) is 0.344. The lowest BCUT2D eigenvalue weighted by Gasteiger charge is -2.32. The molecule has 1 saturated heterocycles. The number of carbonyl (C=O) groups is 1. The number of pyridine rings is 1. The first-order valence-corrected chi connectivity index (χ1v) is 14.0. The summed E-state index contributed by atoms with van der Waals surface area (Å²) in [7, 11) is 0. The number of aliphatic hydroxyl groups excluding tert-OH is 1. The van der Waals surface area contributed by atoms with Gasteiger partial charge in [-0.05, 0) is 61.7 Å². The SMILES string of the molecule is O=C(N[C@H]1CC[C@@H](n2c(=O)c3cc(F)cnc3n(C3CCSCC3)c2=O)CC1)C(CO)c1ccccc1. The summed E-state index contributed by atoms with van der Waals surface area (Å²) >= 11 is 1.84. The van der Waals surface area contributed by atoms with Crippen molar-refractivity contribution in [2.24, 2.45) is 0 Å². The molecule has 1 saturated carbocycles. The number of benzene rings is 1. The van der Waals surface area contributed by atoms with Gasteiger partial charge < -0.3 is 10.4 Å². The summed E-state index contributed by atoms with van der Waals surface area (Å²) in [5.41, 5.74) is 0.110. The third-order valence-corrected chi connectivity index (χ3v) is 8.64. The van der Waals surface area contributed by atoms with Crippen molar-refractivity contribution in [3.05, 3.63) is 74.8 Å². The van der Waals surface area contributed by atoms with E-state index in [0.717, 1.165) is 36.1 Å². The van der Waals surface area contributed by atoms with Crippen LogP contribution in [0.25, 0.3) is 11.0 Å². The molecule has 37 heavy (non-hydrogen) atoms. The smallest absolute Gasteiger partial charge is 0.333 e. The van der Waals surface area contributed by atoms with Crippen molar-refractivity contribution >= 4 is 28.7 Å². The predicted octanol–water partition coefficient (Wildman–Crippen LogP) is 3.14. The van der Waals surface area contributed by atoms with E-state index in [1.165, 1.54) is 10.6 Å². The normalized spacial score (nSPS) is 21.6. The van der Waals surface area contributed by atoms with Gasteiger partial charge in [0.05, 0.1) is 24.1 Å². The molecule has 1 aliphatic carbocycles. The van der Waals surface area contributed by atoms with Crippen LogP contribution in [0.2, 0.25) is 0 Å². The van der Waals surface area contributed by atoms with E-state index in [1.807, 2.05) is 42.1 Å². The lowest BCUT2D eigenvalue weighted by atomic mass is 9.90. The Kier molecular flexibility index (Phi) is 7.76. The van der Waals surface area contributed by atoms with Crippen LogP contribution in [0, 0.1) is 5.82 Å². The van der Waals surface area contributed by atoms with E-state index < -0.39 is 17.3 Å². The van der Waals surface area contributed by atoms with Crippen molar-refractivity contribution in [3.63, 3.8) is 0 Å². The summed E-state index contributed by atoms with van der Waals surface area (Å²) in [5, 5.41) is 13.0. The van der Waals surface area contributed by atoms with Crippen LogP contribution in [-0.2, 0) is 4.79 Å². The standard InChI is InChI=1S/C27H31FN4O4S/c28-18-14-22-24(29-15-18)31(21-10-12-37-13-11-21)27(36)32(26(22)35)20-8-6-19(7-9-20)30-25(34)23(16-33)17-4-2-1-3-5-17/h1-5,14-15,19-21,23,33H,6-13,16H2,(H,30,34)/t19-,20+,23?. The van der Waals surface area contributed by atoms with Crippen LogP contribution in [-0.4, -0.2) is 49.3 Å². The lowest BCUT2D eigenvalue weighted by Crippen LogP contribution is -2.47. The molecule has 2 N–H and O–H groups in total. The van der Waals surface area contributed by atoms with Gasteiger partial charge in [-0.25, -0.2) is 14.2 Å². The monoisotopic (exact) mass is 526 g/mol. The van der Waals surface area contributed by atoms with E-state index in [0.29, 0.717) is 25.7 Å². The Morgan fingerprint density at radius 1 is 1.05 bits per heavy atom. The molecule has 2 aromatic heterocycles. The number of aromatic nitrogens is 3. The largest absolute Gasteiger partial charge is 0.395 e. The van der Waals surface area contributed by atoms with E-state index in [9.17, 15) is 23.9 Å². The first kappa shape index (κ1) is 25.7. The van der Waals surface area contributed by atoms with Gasteiger partial charge in [-0.1, -0.05) is 30.3 Å². The average Bonchev–Trinajstić information content (AvgIpc) is 2.92. The number of rotatable bonds is 6. The number of thioether (sulfide) groups is 1. The second-order valence-electron chi connectivity index (χ2n) is 9.86. The third kappa shape index (κ3) is 5.22. The van der Waals surface area contributed by atoms with E-state index in [1.54, 1.807) is 4.57 Å². The second-order valence-corrected chi connectivity index (χ2v) is 11.1. The fourth-order valence-corrected chi connectivity index (χ4v) is 6.69. The maximum atomic E-state index is 14.1. The maximum Gasteiger partial charge on any atom is 0.333 e. The van der Waals surface area contributed by atoms with Crippen LogP contribution in [0.3, 0.4) is 0 Å². The van der Waals surface area contributed by atoms with Crippen molar-refractivity contribution in [3.8, 4) is 0 Å². The van der Waals surface area contributed by atoms with Gasteiger partial charge in [-0.3, -0.25) is 18.7 Å². The molecule has 3 heterocycles. The van der Waals surface area contributed by atoms with Crippen LogP contribution in [0.1, 0.15) is 62.1 Å². The maximum absolute atomic E-state index is 14.1. The highest BCUT2D eigenvalue weighted by Crippen LogP contribution is 2.30. The first-order chi connectivity index (χ1) is 18.0. The zero-order valence-corrected chi connectivity index (χ0v) is 21.3. The van der Waals surface area contributed by atoms with Crippen molar-refractivity contribution in [1.29, 1.82) is 0 Å². The number of hydrogen-bond donors (Lipinski definition) is 2. The average molecular weight is 527 g/mol. The van der Waals surface area contributed by atoms with Crippen LogP contribution in [0.15, 0.2) is 52.2 Å². The molecule has 0 bridgehead atoms. The number of aliphatic hydroxyl groups is 1. The minimum atomic E-state index is -0.648. The summed E-state index contributed by atoms with van der Waals surface area (Å²) in [6, 6.07) is 9.80. The fourth-order valence-electron chi connectivity index (χ4n) is 5.60. The van der Waals surface area contributed by atoms with Gasteiger partial charge >= 0.3 is 5.69 Å². The van der Waals surface area contributed by atoms with Crippen LogP contribution in [0.4, 0.5) is 4.39 Å². The van der Waals surface area contributed by atoms with Crippen molar-refractivity contribution in [2.45, 2.75) is 62.6 Å². The Morgan fingerprint density at radius 2 is 1.73 bits per heavy atom. The molecule has 1 aliphatic heterocycles. The number of nitrogens with one attached hydrogen (secondary N) is 1. The van der Waals surface area contributed by atoms with E-state index in [4.69, 9.17) is 0 Å². The number of hydrogen-bond acceptors (Lipinski definition) is 6. The topological polar surface area (TPSA) is 106 Å². The Bertz CT molecular complexity index is 1380. The molecule has 0 radical (unpaired) electrons. The van der Waals surface area contributed by atoms with Gasteiger partial charge in [0.15, 0.2) is 0 Å². The Balaban J connectivity index is 1.38. The van der Waals surface area contributed by atoms with Crippen molar-refractivity contribution in [1.82, 2.24) is 19.4 Å². The molecule has 196 valence electrons. The van der Waals surface area contributed by atoms with Crippen LogP contribution in [0.5, 0.6) is 0 Å². The quantitative estimate of drug-likeness (QED) is 0.511. The summed E-state index contributed by atoms with van der Waals surface area (Å²) in [4.78, 5) is 44.2. The number of halogens is 1. The molecule has 8 nitrogen and oxygen atoms in total. The molecular formula is C27H31FN4O4S. The highest BCUT2D eigenvalue weighted by atomic mass is 32.2. The fraction of sp³-hybridized carbons (Fsp3) is 0.481. The number of nitrogens with zero attached hydrogens (tertiary/aromatic N) is 3. The third-order valence-electron chi connectivity index (χ3n) is 7.59. The molecule has 2 fully saturated rings. The van der Waals surface area contributed by atoms with Gasteiger partial charge in [0.1, 0.15) is 11.5 Å². The van der Waals surface area contributed by atoms with E-state index in [-0.39, 0.29) is 47.4 Å². The predicted molar refractivity (Wildman–Crippen MR) is 142 cm³/mol. The van der Waals surface area contributed by atoms with Gasteiger partial charge in [-0.15, -0.1) is 0 Å². The zero-order chi connectivity index (χ0) is 25.9. The molecule has 1 amide bonds. The number of fused-ring (bicyclic) bond motifs is 1. The lowest BCUT2D eigenvalue weighted by molar-refractivity contribution is -0.124. The molecule has 1 aromatic carbocycles. The van der Waals surface area contributed by atoms with Gasteiger partial charge in [0.25, 0.3) is 5.56 Å². The molecule has 3 aromatic rings. The number of amides is 1. The van der Waals surface area contributed by atoms with E-state index >= 15 is 0 Å². The van der Waals surface area contributed by atoms with Crippen LogP contribution < -0.4 is 16.6 Å². The van der Waals surface area contributed by atoms with E-state index in [2.05, 4.69) is 10.3 Å². The molecule has 1 atom stereocenters. The molecule has 1 unspecified atom stereocenters. The highest BCUT2D eigenvalue weighted by molar-refractivity contribution is 7.99. The van der Waals surface area contributed by atoms with Crippen LogP contribution >= 0.6 is 11.8 Å². The Labute approximate surface area is 217 Å². The molecular weight excluding hydrogens is 495 g/mol. The Hall–Kier alpha value is -2.98. The van der Waals surface area contributed by atoms with Crippen molar-refractivity contribution in [2.75, 3.05) is 18.1 Å². The summed E-state index contributed by atoms with van der Waals surface area (Å²) in [6.45, 7) is -0.290. The minimum absolute atomic E-state index is 0.0786. The highest BCUT2D eigenvalue weighted by Gasteiger charge is 2.31. The molecule has 2 aliphatic rings. The van der Waals surface area contributed by atoms with Gasteiger partial charge in [0, 0.05) is 18.1 Å². The molecule has 0 spiro atoms. The summed E-state index contributed by atoms with van der Waals surface area (Å²) in [6.07, 6.45) is 4.90. The Morgan fingerprint density at radius 3 is 2.41 bits per heavy atom. The molecule has 10 heteroatoms. The minimum Gasteiger partial charge on any atom is -0.395 e. The van der Waals surface area contributed by atoms with Gasteiger partial charge in [0.2, 0.25) is 5.91 Å². The van der Waals surface area contributed by atoms with Crippen molar-refractivity contribution < 1.29 is 14.3 Å². The number of carbonyl (C=O) groups excluding carboxylic acids is 1. The first-order valence-electron chi connectivity index (χ1n) is 12.8.